The van der Waals surface area contributed by atoms with Gasteiger partial charge < -0.3 is 15.2 Å². The van der Waals surface area contributed by atoms with Crippen LogP contribution in [0.3, 0.4) is 0 Å². The number of anilines is 1. The molecule has 0 radical (unpaired) electrons. The molecule has 1 aliphatic heterocycles. The van der Waals surface area contributed by atoms with Crippen molar-refractivity contribution in [2.45, 2.75) is 25.7 Å². The van der Waals surface area contributed by atoms with Crippen LogP contribution in [0.4, 0.5) is 5.69 Å². The lowest BCUT2D eigenvalue weighted by molar-refractivity contribution is -0.134. The molecule has 4 aromatic rings. The van der Waals surface area contributed by atoms with Crippen LogP contribution < -0.4 is 10.9 Å². The molecule has 9 heteroatoms. The molecule has 3 heterocycles. The van der Waals surface area contributed by atoms with E-state index in [4.69, 9.17) is 0 Å². The standard InChI is InChI=1S/C26H26N6O3/c33-23(31-15-13-18(14-16-31)25(34)28-19-7-3-1-4-8-19)12-11-22-29-24-21(26(35)30-22)17-27-32(24)20-9-5-2-6-10-20/h1-10,17-18H,11-16H2,(H,28,34)(H,29,30,35). The first kappa shape index (κ1) is 22.5. The van der Waals surface area contributed by atoms with Crippen LogP contribution in [0.2, 0.25) is 0 Å². The van der Waals surface area contributed by atoms with Crippen molar-refractivity contribution in [1.29, 1.82) is 0 Å². The zero-order valence-electron chi connectivity index (χ0n) is 19.2. The fraction of sp³-hybridized carbons (Fsp3) is 0.269. The Bertz CT molecular complexity index is 1390. The minimum Gasteiger partial charge on any atom is -0.343 e. The summed E-state index contributed by atoms with van der Waals surface area (Å²) in [5, 5.41) is 7.66. The third-order valence-corrected chi connectivity index (χ3v) is 6.32. The fourth-order valence-electron chi connectivity index (χ4n) is 4.38. The lowest BCUT2D eigenvalue weighted by Crippen LogP contribution is -2.41. The van der Waals surface area contributed by atoms with Crippen molar-refractivity contribution in [3.05, 3.63) is 83.0 Å². The lowest BCUT2D eigenvalue weighted by atomic mass is 9.95. The summed E-state index contributed by atoms with van der Waals surface area (Å²) in [6.07, 6.45) is 3.30. The Hall–Kier alpha value is -4.27. The van der Waals surface area contributed by atoms with Crippen molar-refractivity contribution >= 4 is 28.5 Å². The number of carbonyl (C=O) groups is 2. The summed E-state index contributed by atoms with van der Waals surface area (Å²) in [6, 6.07) is 18.9. The Balaban J connectivity index is 1.19. The fourth-order valence-corrected chi connectivity index (χ4v) is 4.38. The Morgan fingerprint density at radius 3 is 2.40 bits per heavy atom. The first-order valence-corrected chi connectivity index (χ1v) is 11.7. The summed E-state index contributed by atoms with van der Waals surface area (Å²) in [7, 11) is 0. The van der Waals surface area contributed by atoms with Crippen LogP contribution in [0.25, 0.3) is 16.7 Å². The van der Waals surface area contributed by atoms with Crippen LogP contribution in [0.15, 0.2) is 71.7 Å². The number of para-hydroxylation sites is 2. The normalized spacial score (nSPS) is 14.2. The summed E-state index contributed by atoms with van der Waals surface area (Å²) in [4.78, 5) is 47.0. The number of aromatic amines is 1. The quantitative estimate of drug-likeness (QED) is 0.450. The van der Waals surface area contributed by atoms with Crippen LogP contribution in [-0.4, -0.2) is 49.6 Å². The van der Waals surface area contributed by atoms with E-state index >= 15 is 0 Å². The van der Waals surface area contributed by atoms with Gasteiger partial charge >= 0.3 is 0 Å². The second-order valence-corrected chi connectivity index (χ2v) is 8.65. The van der Waals surface area contributed by atoms with E-state index in [2.05, 4.69) is 20.4 Å². The second-order valence-electron chi connectivity index (χ2n) is 8.65. The molecule has 2 amide bonds. The van der Waals surface area contributed by atoms with Crippen molar-refractivity contribution in [2.75, 3.05) is 18.4 Å². The van der Waals surface area contributed by atoms with E-state index in [0.717, 1.165) is 11.4 Å². The monoisotopic (exact) mass is 470 g/mol. The van der Waals surface area contributed by atoms with Gasteiger partial charge in [0.15, 0.2) is 5.65 Å². The molecule has 2 aromatic carbocycles. The summed E-state index contributed by atoms with van der Waals surface area (Å²) in [5.74, 6) is 0.322. The maximum absolute atomic E-state index is 12.8. The minimum absolute atomic E-state index is 0.00611. The van der Waals surface area contributed by atoms with Gasteiger partial charge in [-0.05, 0) is 37.1 Å². The van der Waals surface area contributed by atoms with Gasteiger partial charge in [-0.15, -0.1) is 0 Å². The Morgan fingerprint density at radius 1 is 1.00 bits per heavy atom. The first-order valence-electron chi connectivity index (χ1n) is 11.7. The molecule has 1 saturated heterocycles. The van der Waals surface area contributed by atoms with E-state index in [0.29, 0.717) is 49.2 Å². The van der Waals surface area contributed by atoms with Crippen molar-refractivity contribution in [1.82, 2.24) is 24.6 Å². The molecular weight excluding hydrogens is 444 g/mol. The van der Waals surface area contributed by atoms with Gasteiger partial charge in [0.1, 0.15) is 11.2 Å². The van der Waals surface area contributed by atoms with Crippen LogP contribution in [0.1, 0.15) is 25.1 Å². The van der Waals surface area contributed by atoms with Gasteiger partial charge in [-0.25, -0.2) is 9.67 Å². The molecule has 1 fully saturated rings. The average molecular weight is 471 g/mol. The minimum atomic E-state index is -0.273. The highest BCUT2D eigenvalue weighted by atomic mass is 16.2. The Kier molecular flexibility index (Phi) is 6.38. The predicted molar refractivity (Wildman–Crippen MR) is 132 cm³/mol. The van der Waals surface area contributed by atoms with Gasteiger partial charge in [0.05, 0.1) is 11.9 Å². The molecule has 35 heavy (non-hydrogen) atoms. The molecule has 178 valence electrons. The summed E-state index contributed by atoms with van der Waals surface area (Å²) in [6.45, 7) is 1.07. The number of H-pyrrole nitrogens is 1. The number of carbonyl (C=O) groups excluding carboxylic acids is 2. The number of likely N-dealkylation sites (tertiary alicyclic amines) is 1. The molecular formula is C26H26N6O3. The number of rotatable bonds is 6. The molecule has 0 unspecified atom stereocenters. The summed E-state index contributed by atoms with van der Waals surface area (Å²) in [5.41, 5.74) is 1.78. The molecule has 5 rings (SSSR count). The Labute approximate surface area is 201 Å². The topological polar surface area (TPSA) is 113 Å². The highest BCUT2D eigenvalue weighted by Gasteiger charge is 2.27. The maximum atomic E-state index is 12.8. The van der Waals surface area contributed by atoms with E-state index in [1.165, 1.54) is 6.20 Å². The highest BCUT2D eigenvalue weighted by Crippen LogP contribution is 2.20. The van der Waals surface area contributed by atoms with Gasteiger partial charge in [0, 0.05) is 37.5 Å². The first-order chi connectivity index (χ1) is 17.1. The molecule has 0 saturated carbocycles. The SMILES string of the molecule is O=C(Nc1ccccc1)C1CCN(C(=O)CCc2nc3c(cnn3-c3ccccc3)c(=O)[nH]2)CC1. The number of nitrogens with zero attached hydrogens (tertiary/aromatic N) is 4. The lowest BCUT2D eigenvalue weighted by Gasteiger charge is -2.31. The van der Waals surface area contributed by atoms with Gasteiger partial charge in [-0.1, -0.05) is 36.4 Å². The zero-order chi connectivity index (χ0) is 24.2. The number of benzene rings is 2. The van der Waals surface area contributed by atoms with E-state index in [9.17, 15) is 14.4 Å². The number of aryl methyl sites for hydroxylation is 1. The molecule has 0 atom stereocenters. The van der Waals surface area contributed by atoms with E-state index < -0.39 is 0 Å². The number of nitrogens with one attached hydrogen (secondary N) is 2. The molecule has 0 spiro atoms. The second kappa shape index (κ2) is 9.92. The molecule has 0 bridgehead atoms. The number of aromatic nitrogens is 4. The number of amides is 2. The zero-order valence-corrected chi connectivity index (χ0v) is 19.2. The van der Waals surface area contributed by atoms with E-state index in [1.54, 1.807) is 9.58 Å². The third-order valence-electron chi connectivity index (χ3n) is 6.32. The number of fused-ring (bicyclic) bond motifs is 1. The summed E-state index contributed by atoms with van der Waals surface area (Å²) < 4.78 is 1.63. The predicted octanol–water partition coefficient (Wildman–Crippen LogP) is 2.92. The highest BCUT2D eigenvalue weighted by molar-refractivity contribution is 5.92. The average Bonchev–Trinajstić information content (AvgIpc) is 3.33. The number of hydrogen-bond acceptors (Lipinski definition) is 5. The smallest absolute Gasteiger partial charge is 0.262 e. The van der Waals surface area contributed by atoms with Gasteiger partial charge in [0.25, 0.3) is 5.56 Å². The maximum Gasteiger partial charge on any atom is 0.262 e. The van der Waals surface area contributed by atoms with E-state index in [1.807, 2.05) is 60.7 Å². The number of piperidine rings is 1. The Morgan fingerprint density at radius 2 is 1.69 bits per heavy atom. The van der Waals surface area contributed by atoms with Crippen LogP contribution >= 0.6 is 0 Å². The van der Waals surface area contributed by atoms with Crippen molar-refractivity contribution in [3.63, 3.8) is 0 Å². The van der Waals surface area contributed by atoms with Crippen LogP contribution in [-0.2, 0) is 16.0 Å². The van der Waals surface area contributed by atoms with Crippen molar-refractivity contribution in [3.8, 4) is 5.69 Å². The number of hydrogen-bond donors (Lipinski definition) is 2. The van der Waals surface area contributed by atoms with Gasteiger partial charge in [-0.3, -0.25) is 14.4 Å². The summed E-state index contributed by atoms with van der Waals surface area (Å²) >= 11 is 0. The molecule has 2 aromatic heterocycles. The van der Waals surface area contributed by atoms with Crippen LogP contribution in [0, 0.1) is 5.92 Å². The molecule has 2 N–H and O–H groups in total. The largest absolute Gasteiger partial charge is 0.343 e. The van der Waals surface area contributed by atoms with Gasteiger partial charge in [0.2, 0.25) is 11.8 Å². The molecule has 1 aliphatic rings. The van der Waals surface area contributed by atoms with Crippen LogP contribution in [0.5, 0.6) is 0 Å². The van der Waals surface area contributed by atoms with Crippen molar-refractivity contribution < 1.29 is 9.59 Å². The van der Waals surface area contributed by atoms with E-state index in [-0.39, 0.29) is 29.7 Å². The van der Waals surface area contributed by atoms with Gasteiger partial charge in [-0.2, -0.15) is 5.10 Å². The van der Waals surface area contributed by atoms with Crippen molar-refractivity contribution in [2.24, 2.45) is 5.92 Å². The third kappa shape index (κ3) is 4.98. The molecule has 0 aliphatic carbocycles. The molecule has 9 nitrogen and oxygen atoms in total.